The molecule has 2 aromatic carbocycles. The fourth-order valence-corrected chi connectivity index (χ4v) is 3.08. The zero-order chi connectivity index (χ0) is 19.4. The van der Waals surface area contributed by atoms with Crippen molar-refractivity contribution in [1.29, 1.82) is 0 Å². The standard InChI is InChI=1S/C23H28N2O2/c1-16(2)24-22(26)14-18-8-12-21(13-9-18)25(23(27)20-10-11-20)15-19-6-4-17(3)5-7-19/h4-9,12-13,16,20H,10-11,14-15H2,1-3H3,(H,24,26). The number of nitrogens with one attached hydrogen (secondary N) is 1. The van der Waals surface area contributed by atoms with Crippen molar-refractivity contribution in [3.63, 3.8) is 0 Å². The number of hydrogen-bond donors (Lipinski definition) is 1. The number of aryl methyl sites for hydroxylation is 1. The van der Waals surface area contributed by atoms with E-state index in [4.69, 9.17) is 0 Å². The average molecular weight is 364 g/mol. The number of carbonyl (C=O) groups is 2. The van der Waals surface area contributed by atoms with Gasteiger partial charge in [-0.05, 0) is 56.9 Å². The molecular weight excluding hydrogens is 336 g/mol. The van der Waals surface area contributed by atoms with Gasteiger partial charge in [0, 0.05) is 17.6 Å². The Hall–Kier alpha value is -2.62. The minimum atomic E-state index is 0.0170. The molecule has 1 aliphatic carbocycles. The van der Waals surface area contributed by atoms with Crippen LogP contribution in [0, 0.1) is 12.8 Å². The second-order valence-electron chi connectivity index (χ2n) is 7.75. The summed E-state index contributed by atoms with van der Waals surface area (Å²) >= 11 is 0. The van der Waals surface area contributed by atoms with E-state index in [0.29, 0.717) is 13.0 Å². The largest absolute Gasteiger partial charge is 0.354 e. The summed E-state index contributed by atoms with van der Waals surface area (Å²) in [6.07, 6.45) is 2.32. The molecule has 4 heteroatoms. The molecule has 1 saturated carbocycles. The van der Waals surface area contributed by atoms with Gasteiger partial charge in [0.05, 0.1) is 13.0 Å². The van der Waals surface area contributed by atoms with Gasteiger partial charge in [0.25, 0.3) is 0 Å². The summed E-state index contributed by atoms with van der Waals surface area (Å²) in [6.45, 7) is 6.54. The molecule has 1 fully saturated rings. The lowest BCUT2D eigenvalue weighted by atomic mass is 10.1. The number of benzene rings is 2. The van der Waals surface area contributed by atoms with E-state index in [1.807, 2.05) is 43.0 Å². The molecule has 0 heterocycles. The van der Waals surface area contributed by atoms with E-state index in [2.05, 4.69) is 36.5 Å². The molecule has 2 amide bonds. The summed E-state index contributed by atoms with van der Waals surface area (Å²) < 4.78 is 0. The zero-order valence-electron chi connectivity index (χ0n) is 16.4. The van der Waals surface area contributed by atoms with Crippen molar-refractivity contribution >= 4 is 17.5 Å². The Labute approximate surface area is 161 Å². The van der Waals surface area contributed by atoms with Crippen LogP contribution in [0.15, 0.2) is 48.5 Å². The molecule has 0 spiro atoms. The second-order valence-corrected chi connectivity index (χ2v) is 7.75. The van der Waals surface area contributed by atoms with Crippen molar-refractivity contribution in [2.24, 2.45) is 5.92 Å². The molecule has 1 aliphatic rings. The molecule has 0 bridgehead atoms. The van der Waals surface area contributed by atoms with Gasteiger partial charge in [0.2, 0.25) is 11.8 Å². The fraction of sp³-hybridized carbons (Fsp3) is 0.391. The van der Waals surface area contributed by atoms with Gasteiger partial charge in [0.15, 0.2) is 0 Å². The van der Waals surface area contributed by atoms with E-state index in [0.717, 1.165) is 29.7 Å². The average Bonchev–Trinajstić information content (AvgIpc) is 3.46. The molecule has 0 atom stereocenters. The maximum absolute atomic E-state index is 12.8. The Morgan fingerprint density at radius 1 is 1.00 bits per heavy atom. The number of carbonyl (C=O) groups excluding carboxylic acids is 2. The molecular formula is C23H28N2O2. The number of amides is 2. The Morgan fingerprint density at radius 3 is 2.15 bits per heavy atom. The zero-order valence-corrected chi connectivity index (χ0v) is 16.4. The molecule has 2 aromatic rings. The SMILES string of the molecule is Cc1ccc(CN(C(=O)C2CC2)c2ccc(CC(=O)NC(C)C)cc2)cc1. The van der Waals surface area contributed by atoms with Crippen LogP contribution in [0.3, 0.4) is 0 Å². The normalized spacial score (nSPS) is 13.5. The maximum Gasteiger partial charge on any atom is 0.230 e. The van der Waals surface area contributed by atoms with E-state index in [9.17, 15) is 9.59 Å². The summed E-state index contributed by atoms with van der Waals surface area (Å²) in [5.74, 6) is 0.371. The van der Waals surface area contributed by atoms with Crippen molar-refractivity contribution in [3.05, 3.63) is 65.2 Å². The summed E-state index contributed by atoms with van der Waals surface area (Å²) in [5.41, 5.74) is 4.17. The van der Waals surface area contributed by atoms with Crippen LogP contribution in [-0.2, 0) is 22.6 Å². The lowest BCUT2D eigenvalue weighted by Gasteiger charge is -2.23. The first kappa shape index (κ1) is 19.2. The Balaban J connectivity index is 1.74. The molecule has 4 nitrogen and oxygen atoms in total. The topological polar surface area (TPSA) is 49.4 Å². The van der Waals surface area contributed by atoms with E-state index in [-0.39, 0.29) is 23.8 Å². The van der Waals surface area contributed by atoms with Crippen LogP contribution < -0.4 is 10.2 Å². The minimum Gasteiger partial charge on any atom is -0.354 e. The van der Waals surface area contributed by atoms with Crippen LogP contribution >= 0.6 is 0 Å². The third kappa shape index (κ3) is 5.43. The van der Waals surface area contributed by atoms with Crippen LogP contribution in [0.4, 0.5) is 5.69 Å². The van der Waals surface area contributed by atoms with Crippen LogP contribution in [0.5, 0.6) is 0 Å². The number of anilines is 1. The van der Waals surface area contributed by atoms with Gasteiger partial charge >= 0.3 is 0 Å². The van der Waals surface area contributed by atoms with Crippen LogP contribution in [0.2, 0.25) is 0 Å². The van der Waals surface area contributed by atoms with Gasteiger partial charge in [-0.1, -0.05) is 42.0 Å². The Morgan fingerprint density at radius 2 is 1.59 bits per heavy atom. The predicted molar refractivity (Wildman–Crippen MR) is 109 cm³/mol. The minimum absolute atomic E-state index is 0.0170. The van der Waals surface area contributed by atoms with Crippen molar-refractivity contribution in [2.75, 3.05) is 4.90 Å². The highest BCUT2D eigenvalue weighted by atomic mass is 16.2. The van der Waals surface area contributed by atoms with Gasteiger partial charge in [-0.2, -0.15) is 0 Å². The first-order valence-corrected chi connectivity index (χ1v) is 9.67. The van der Waals surface area contributed by atoms with E-state index >= 15 is 0 Å². The van der Waals surface area contributed by atoms with Gasteiger partial charge in [-0.25, -0.2) is 0 Å². The Kier molecular flexibility index (Phi) is 5.94. The van der Waals surface area contributed by atoms with Crippen molar-refractivity contribution < 1.29 is 9.59 Å². The monoisotopic (exact) mass is 364 g/mol. The molecule has 0 unspecified atom stereocenters. The lowest BCUT2D eigenvalue weighted by molar-refractivity contribution is -0.121. The molecule has 1 N–H and O–H groups in total. The fourth-order valence-electron chi connectivity index (χ4n) is 3.08. The first-order chi connectivity index (χ1) is 12.9. The molecule has 0 saturated heterocycles. The van der Waals surface area contributed by atoms with Crippen LogP contribution in [0.1, 0.15) is 43.4 Å². The highest BCUT2D eigenvalue weighted by Crippen LogP contribution is 2.33. The van der Waals surface area contributed by atoms with Crippen molar-refractivity contribution in [3.8, 4) is 0 Å². The van der Waals surface area contributed by atoms with Gasteiger partial charge < -0.3 is 10.2 Å². The Bertz CT molecular complexity index is 790. The summed E-state index contributed by atoms with van der Waals surface area (Å²) in [6, 6.07) is 16.2. The summed E-state index contributed by atoms with van der Waals surface area (Å²) in [5, 5.41) is 2.90. The van der Waals surface area contributed by atoms with Gasteiger partial charge in [0.1, 0.15) is 0 Å². The molecule has 142 valence electrons. The van der Waals surface area contributed by atoms with E-state index in [1.54, 1.807) is 0 Å². The first-order valence-electron chi connectivity index (χ1n) is 9.67. The molecule has 0 radical (unpaired) electrons. The van der Waals surface area contributed by atoms with Gasteiger partial charge in [-0.3, -0.25) is 9.59 Å². The molecule has 0 aromatic heterocycles. The molecule has 0 aliphatic heterocycles. The summed E-state index contributed by atoms with van der Waals surface area (Å²) in [7, 11) is 0. The summed E-state index contributed by atoms with van der Waals surface area (Å²) in [4.78, 5) is 26.6. The third-order valence-corrected chi connectivity index (χ3v) is 4.72. The smallest absolute Gasteiger partial charge is 0.230 e. The number of nitrogens with zero attached hydrogens (tertiary/aromatic N) is 1. The van der Waals surface area contributed by atoms with Gasteiger partial charge in [-0.15, -0.1) is 0 Å². The molecule has 3 rings (SSSR count). The van der Waals surface area contributed by atoms with Crippen LogP contribution in [0.25, 0.3) is 0 Å². The predicted octanol–water partition coefficient (Wildman–Crippen LogP) is 4.01. The quantitative estimate of drug-likeness (QED) is 0.807. The maximum atomic E-state index is 12.8. The van der Waals surface area contributed by atoms with Crippen molar-refractivity contribution in [1.82, 2.24) is 5.32 Å². The molecule has 27 heavy (non-hydrogen) atoms. The van der Waals surface area contributed by atoms with E-state index in [1.165, 1.54) is 5.56 Å². The third-order valence-electron chi connectivity index (χ3n) is 4.72. The van der Waals surface area contributed by atoms with E-state index < -0.39 is 0 Å². The second kappa shape index (κ2) is 8.38. The number of rotatable bonds is 7. The lowest BCUT2D eigenvalue weighted by Crippen LogP contribution is -2.32. The van der Waals surface area contributed by atoms with Crippen LogP contribution in [-0.4, -0.2) is 17.9 Å². The highest BCUT2D eigenvalue weighted by Gasteiger charge is 2.34. The van der Waals surface area contributed by atoms with Crippen molar-refractivity contribution in [2.45, 2.75) is 52.6 Å². The highest BCUT2D eigenvalue weighted by molar-refractivity contribution is 5.96. The number of hydrogen-bond acceptors (Lipinski definition) is 2.